The van der Waals surface area contributed by atoms with E-state index in [-0.39, 0.29) is 18.0 Å². The molecule has 0 aliphatic heterocycles. The number of halogens is 1. The van der Waals surface area contributed by atoms with Crippen molar-refractivity contribution in [2.45, 2.75) is 13.0 Å². The first kappa shape index (κ1) is 18.0. The summed E-state index contributed by atoms with van der Waals surface area (Å²) in [5.41, 5.74) is 1.59. The highest BCUT2D eigenvalue weighted by Gasteiger charge is 2.10. The van der Waals surface area contributed by atoms with Crippen molar-refractivity contribution >= 4 is 44.7 Å². The summed E-state index contributed by atoms with van der Waals surface area (Å²) in [7, 11) is 0. The summed E-state index contributed by atoms with van der Waals surface area (Å²) in [5.74, 6) is -0.325. The molecule has 1 amide bonds. The fraction of sp³-hybridized carbons (Fsp3) is 0.111. The molecular formula is C18H14ClN3O3S. The molecule has 26 heavy (non-hydrogen) atoms. The van der Waals surface area contributed by atoms with Gasteiger partial charge in [0, 0.05) is 23.7 Å². The number of allylic oxidation sites excluding steroid dienone is 1. The molecule has 0 spiro atoms. The molecule has 0 aliphatic rings. The van der Waals surface area contributed by atoms with E-state index in [1.807, 2.05) is 16.7 Å². The average molecular weight is 388 g/mol. The fourth-order valence-corrected chi connectivity index (χ4v) is 3.83. The first-order valence-electron chi connectivity index (χ1n) is 7.68. The Hall–Kier alpha value is -2.77. The maximum atomic E-state index is 12.3. The predicted octanol–water partition coefficient (Wildman–Crippen LogP) is 4.12. The Morgan fingerprint density at radius 2 is 2.04 bits per heavy atom. The minimum Gasteiger partial charge on any atom is -0.313 e. The van der Waals surface area contributed by atoms with Gasteiger partial charge in [-0.25, -0.2) is 0 Å². The molecule has 132 valence electrons. The number of benzene rings is 2. The summed E-state index contributed by atoms with van der Waals surface area (Å²) >= 11 is 7.41. The number of rotatable bonds is 5. The second kappa shape index (κ2) is 7.63. The average Bonchev–Trinajstić information content (AvgIpc) is 2.92. The number of non-ortho nitro benzene ring substituents is 1. The van der Waals surface area contributed by atoms with E-state index < -0.39 is 4.92 Å². The van der Waals surface area contributed by atoms with Crippen LogP contribution in [0.2, 0.25) is 5.02 Å². The standard InChI is InChI=1S/C18H14ClN3O3S/c1-2-9-21-15-8-5-13(19)11-16(15)26-18(21)20-17(23)10-12-3-6-14(7-4-12)22(24)25/h2-8,11H,1,9-10H2. The number of thiazole rings is 1. The molecule has 0 radical (unpaired) electrons. The maximum absolute atomic E-state index is 12.3. The molecule has 8 heteroatoms. The van der Waals surface area contributed by atoms with Crippen LogP contribution in [0.25, 0.3) is 10.2 Å². The van der Waals surface area contributed by atoms with Gasteiger partial charge in [-0.05, 0) is 23.8 Å². The topological polar surface area (TPSA) is 77.5 Å². The molecule has 3 rings (SSSR count). The van der Waals surface area contributed by atoms with Crippen molar-refractivity contribution in [2.24, 2.45) is 4.99 Å². The SMILES string of the molecule is C=CCn1c(=NC(=O)Cc2ccc([N+](=O)[O-])cc2)sc2cc(Cl)ccc21. The number of aromatic nitrogens is 1. The molecule has 0 N–H and O–H groups in total. The summed E-state index contributed by atoms with van der Waals surface area (Å²) < 4.78 is 2.83. The number of carbonyl (C=O) groups excluding carboxylic acids is 1. The van der Waals surface area contributed by atoms with Gasteiger partial charge in [-0.1, -0.05) is 41.1 Å². The Bertz CT molecular complexity index is 1070. The summed E-state index contributed by atoms with van der Waals surface area (Å²) in [6.45, 7) is 4.27. The minimum atomic E-state index is -0.476. The third kappa shape index (κ3) is 3.89. The molecule has 1 aromatic heterocycles. The van der Waals surface area contributed by atoms with Gasteiger partial charge in [0.1, 0.15) is 0 Å². The van der Waals surface area contributed by atoms with E-state index in [1.165, 1.54) is 23.5 Å². The van der Waals surface area contributed by atoms with E-state index >= 15 is 0 Å². The number of nitro groups is 1. The molecule has 3 aromatic rings. The van der Waals surface area contributed by atoms with Crippen molar-refractivity contribution in [1.82, 2.24) is 4.57 Å². The van der Waals surface area contributed by atoms with E-state index in [0.717, 1.165) is 10.2 Å². The Morgan fingerprint density at radius 1 is 1.31 bits per heavy atom. The molecule has 0 bridgehead atoms. The van der Waals surface area contributed by atoms with Gasteiger partial charge >= 0.3 is 0 Å². The van der Waals surface area contributed by atoms with Gasteiger partial charge in [0.05, 0.1) is 21.6 Å². The second-order valence-corrected chi connectivity index (χ2v) is 6.95. The smallest absolute Gasteiger partial charge is 0.269 e. The molecule has 0 saturated heterocycles. The summed E-state index contributed by atoms with van der Waals surface area (Å²) in [6.07, 6.45) is 1.81. The molecule has 0 atom stereocenters. The molecule has 0 aliphatic carbocycles. The van der Waals surface area contributed by atoms with Crippen LogP contribution < -0.4 is 4.80 Å². The Balaban J connectivity index is 1.93. The van der Waals surface area contributed by atoms with Crippen LogP contribution in [0, 0.1) is 10.1 Å². The van der Waals surface area contributed by atoms with Gasteiger partial charge in [0.25, 0.3) is 11.6 Å². The van der Waals surface area contributed by atoms with Crippen LogP contribution in [-0.4, -0.2) is 15.4 Å². The zero-order chi connectivity index (χ0) is 18.7. The zero-order valence-electron chi connectivity index (χ0n) is 13.6. The predicted molar refractivity (Wildman–Crippen MR) is 102 cm³/mol. The van der Waals surface area contributed by atoms with Crippen LogP contribution in [0.15, 0.2) is 60.1 Å². The van der Waals surface area contributed by atoms with Crippen LogP contribution in [0.1, 0.15) is 5.56 Å². The fourth-order valence-electron chi connectivity index (χ4n) is 2.49. The third-order valence-electron chi connectivity index (χ3n) is 3.68. The van der Waals surface area contributed by atoms with E-state index in [1.54, 1.807) is 24.3 Å². The molecule has 0 unspecified atom stereocenters. The second-order valence-electron chi connectivity index (χ2n) is 5.50. The lowest BCUT2D eigenvalue weighted by Gasteiger charge is -2.01. The molecule has 2 aromatic carbocycles. The highest BCUT2D eigenvalue weighted by Crippen LogP contribution is 2.22. The highest BCUT2D eigenvalue weighted by molar-refractivity contribution is 7.16. The lowest BCUT2D eigenvalue weighted by atomic mass is 10.1. The van der Waals surface area contributed by atoms with Gasteiger partial charge in [0.2, 0.25) is 0 Å². The summed E-state index contributed by atoms with van der Waals surface area (Å²) in [4.78, 5) is 27.3. The molecular weight excluding hydrogens is 374 g/mol. The van der Waals surface area contributed by atoms with Gasteiger partial charge in [-0.15, -0.1) is 6.58 Å². The number of fused-ring (bicyclic) bond motifs is 1. The lowest BCUT2D eigenvalue weighted by Crippen LogP contribution is -2.16. The zero-order valence-corrected chi connectivity index (χ0v) is 15.2. The molecule has 6 nitrogen and oxygen atoms in total. The van der Waals surface area contributed by atoms with Crippen molar-refractivity contribution in [1.29, 1.82) is 0 Å². The van der Waals surface area contributed by atoms with Gasteiger partial charge in [0.15, 0.2) is 4.80 Å². The number of nitro benzene ring substituents is 1. The van der Waals surface area contributed by atoms with Crippen LogP contribution >= 0.6 is 22.9 Å². The van der Waals surface area contributed by atoms with E-state index in [2.05, 4.69) is 11.6 Å². The normalized spacial score (nSPS) is 11.7. The van der Waals surface area contributed by atoms with Crippen molar-refractivity contribution < 1.29 is 9.72 Å². The van der Waals surface area contributed by atoms with Crippen LogP contribution in [0.3, 0.4) is 0 Å². The quantitative estimate of drug-likeness (QED) is 0.375. The van der Waals surface area contributed by atoms with Crippen molar-refractivity contribution in [3.05, 3.63) is 80.6 Å². The Labute approximate surface area is 157 Å². The van der Waals surface area contributed by atoms with E-state index in [9.17, 15) is 14.9 Å². The van der Waals surface area contributed by atoms with E-state index in [4.69, 9.17) is 11.6 Å². The maximum Gasteiger partial charge on any atom is 0.269 e. The van der Waals surface area contributed by atoms with Crippen LogP contribution in [0.4, 0.5) is 5.69 Å². The Kier molecular flexibility index (Phi) is 5.29. The van der Waals surface area contributed by atoms with Crippen molar-refractivity contribution in [3.8, 4) is 0 Å². The minimum absolute atomic E-state index is 0.0108. The first-order chi connectivity index (χ1) is 12.5. The molecule has 0 fully saturated rings. The lowest BCUT2D eigenvalue weighted by molar-refractivity contribution is -0.384. The summed E-state index contributed by atoms with van der Waals surface area (Å²) in [5, 5.41) is 11.3. The Morgan fingerprint density at radius 3 is 2.69 bits per heavy atom. The first-order valence-corrected chi connectivity index (χ1v) is 8.88. The van der Waals surface area contributed by atoms with Gasteiger partial charge in [-0.2, -0.15) is 4.99 Å². The largest absolute Gasteiger partial charge is 0.313 e. The third-order valence-corrected chi connectivity index (χ3v) is 4.96. The van der Waals surface area contributed by atoms with Crippen LogP contribution in [-0.2, 0) is 17.8 Å². The van der Waals surface area contributed by atoms with Crippen LogP contribution in [0.5, 0.6) is 0 Å². The number of hydrogen-bond acceptors (Lipinski definition) is 4. The van der Waals surface area contributed by atoms with E-state index in [0.29, 0.717) is 21.9 Å². The van der Waals surface area contributed by atoms with Gasteiger partial charge < -0.3 is 4.57 Å². The number of carbonyl (C=O) groups is 1. The monoisotopic (exact) mass is 387 g/mol. The van der Waals surface area contributed by atoms with Gasteiger partial charge in [-0.3, -0.25) is 14.9 Å². The number of nitrogens with zero attached hydrogens (tertiary/aromatic N) is 3. The van der Waals surface area contributed by atoms with Crippen molar-refractivity contribution in [2.75, 3.05) is 0 Å². The number of hydrogen-bond donors (Lipinski definition) is 0. The molecule has 0 saturated carbocycles. The number of amides is 1. The van der Waals surface area contributed by atoms with Crippen molar-refractivity contribution in [3.63, 3.8) is 0 Å². The molecule has 1 heterocycles. The highest BCUT2D eigenvalue weighted by atomic mass is 35.5. The summed E-state index contributed by atoms with van der Waals surface area (Å²) in [6, 6.07) is 11.4.